The predicted molar refractivity (Wildman–Crippen MR) is 72.3 cm³/mol. The molecule has 1 aromatic carbocycles. The van der Waals surface area contributed by atoms with Crippen LogP contribution in [0.25, 0.3) is 0 Å². The number of benzene rings is 1. The van der Waals surface area contributed by atoms with Gasteiger partial charge in [0.15, 0.2) is 0 Å². The maximum atomic E-state index is 13.1. The lowest BCUT2D eigenvalue weighted by molar-refractivity contribution is -0.120. The average molecular weight is 273 g/mol. The fraction of sp³-hybridized carbons (Fsp3) is 0.462. The first kappa shape index (κ1) is 14.8. The molecule has 0 saturated carbocycles. The molecule has 2 N–H and O–H groups in total. The lowest BCUT2D eigenvalue weighted by atomic mass is 10.1. The predicted octanol–water partition coefficient (Wildman–Crippen LogP) is 3.05. The minimum atomic E-state index is -0.502. The molecule has 100 valence electrons. The second-order valence-corrected chi connectivity index (χ2v) is 4.99. The number of hydrogen-bond donors (Lipinski definition) is 2. The highest BCUT2D eigenvalue weighted by molar-refractivity contribution is 6.30. The van der Waals surface area contributed by atoms with E-state index in [9.17, 15) is 9.18 Å². The van der Waals surface area contributed by atoms with E-state index in [1.165, 1.54) is 12.1 Å². The fourth-order valence-corrected chi connectivity index (χ4v) is 1.38. The molecule has 0 bridgehead atoms. The summed E-state index contributed by atoms with van der Waals surface area (Å²) in [5, 5.41) is 5.77. The van der Waals surface area contributed by atoms with Crippen LogP contribution in [-0.4, -0.2) is 18.5 Å². The van der Waals surface area contributed by atoms with Crippen LogP contribution in [0, 0.1) is 11.7 Å². The summed E-state index contributed by atoms with van der Waals surface area (Å²) in [7, 11) is 0. The summed E-state index contributed by atoms with van der Waals surface area (Å²) in [6, 6.07) is 4.46. The van der Waals surface area contributed by atoms with Crippen molar-refractivity contribution >= 4 is 23.2 Å². The molecule has 0 spiro atoms. The smallest absolute Gasteiger partial charge is 0.239 e. The Labute approximate surface area is 112 Å². The van der Waals surface area contributed by atoms with Crippen LogP contribution in [0.15, 0.2) is 18.2 Å². The van der Waals surface area contributed by atoms with Crippen LogP contribution in [0.3, 0.4) is 0 Å². The molecule has 1 aromatic rings. The molecule has 0 aromatic heterocycles. The van der Waals surface area contributed by atoms with Crippen molar-refractivity contribution in [2.45, 2.75) is 26.8 Å². The topological polar surface area (TPSA) is 41.1 Å². The third kappa shape index (κ3) is 4.53. The van der Waals surface area contributed by atoms with Crippen LogP contribution in [0.5, 0.6) is 0 Å². The maximum Gasteiger partial charge on any atom is 0.239 e. The number of nitrogens with one attached hydrogen (secondary N) is 2. The Hall–Kier alpha value is -1.29. The van der Waals surface area contributed by atoms with E-state index < -0.39 is 5.82 Å². The van der Waals surface area contributed by atoms with E-state index >= 15 is 0 Å². The number of carbonyl (C=O) groups is 1. The first-order valence-corrected chi connectivity index (χ1v) is 6.26. The van der Waals surface area contributed by atoms with E-state index in [1.54, 1.807) is 6.07 Å². The van der Waals surface area contributed by atoms with Gasteiger partial charge in [-0.3, -0.25) is 4.79 Å². The summed E-state index contributed by atoms with van der Waals surface area (Å²) in [6.07, 6.45) is 0. The zero-order valence-corrected chi connectivity index (χ0v) is 11.5. The van der Waals surface area contributed by atoms with Crippen molar-refractivity contribution in [1.29, 1.82) is 0 Å². The van der Waals surface area contributed by atoms with Gasteiger partial charge in [-0.15, -0.1) is 0 Å². The highest BCUT2D eigenvalue weighted by Crippen LogP contribution is 2.18. The molecule has 0 fully saturated rings. The molecule has 1 amide bonds. The van der Waals surface area contributed by atoms with Crippen LogP contribution < -0.4 is 10.6 Å². The number of hydrogen-bond acceptors (Lipinski definition) is 2. The second-order valence-electron chi connectivity index (χ2n) is 4.58. The van der Waals surface area contributed by atoms with Gasteiger partial charge in [0.05, 0.1) is 11.6 Å². The first-order chi connectivity index (χ1) is 8.40. The monoisotopic (exact) mass is 272 g/mol. The van der Waals surface area contributed by atoms with Gasteiger partial charge in [0.25, 0.3) is 0 Å². The highest BCUT2D eigenvalue weighted by atomic mass is 35.5. The number of anilines is 1. The van der Waals surface area contributed by atoms with Crippen molar-refractivity contribution in [3.05, 3.63) is 29.0 Å². The molecule has 3 nitrogen and oxygen atoms in total. The average Bonchev–Trinajstić information content (AvgIpc) is 2.30. The third-order valence-electron chi connectivity index (χ3n) is 2.76. The van der Waals surface area contributed by atoms with Crippen molar-refractivity contribution in [3.63, 3.8) is 0 Å². The van der Waals surface area contributed by atoms with Gasteiger partial charge in [-0.1, -0.05) is 25.4 Å². The van der Waals surface area contributed by atoms with Gasteiger partial charge < -0.3 is 10.6 Å². The molecule has 0 aliphatic rings. The largest absolute Gasteiger partial charge is 0.376 e. The maximum absolute atomic E-state index is 13.1. The summed E-state index contributed by atoms with van der Waals surface area (Å²) in [6.45, 7) is 6.13. The lowest BCUT2D eigenvalue weighted by Crippen LogP contribution is -2.39. The van der Waals surface area contributed by atoms with Crippen LogP contribution in [0.2, 0.25) is 5.02 Å². The van der Waals surface area contributed by atoms with Crippen molar-refractivity contribution in [1.82, 2.24) is 5.32 Å². The highest BCUT2D eigenvalue weighted by Gasteiger charge is 2.10. The van der Waals surface area contributed by atoms with E-state index in [1.807, 2.05) is 20.8 Å². The van der Waals surface area contributed by atoms with Gasteiger partial charge in [0.1, 0.15) is 5.82 Å². The summed E-state index contributed by atoms with van der Waals surface area (Å²) in [4.78, 5) is 11.6. The minimum absolute atomic E-state index is 0.0680. The number of rotatable bonds is 5. The van der Waals surface area contributed by atoms with Crippen LogP contribution in [0.1, 0.15) is 20.8 Å². The molecule has 5 heteroatoms. The second kappa shape index (κ2) is 6.59. The van der Waals surface area contributed by atoms with Crippen LogP contribution in [0.4, 0.5) is 10.1 Å². The van der Waals surface area contributed by atoms with Crippen LogP contribution in [-0.2, 0) is 4.79 Å². The summed E-state index contributed by atoms with van der Waals surface area (Å²) < 4.78 is 13.1. The van der Waals surface area contributed by atoms with Gasteiger partial charge in [-0.05, 0) is 31.0 Å². The molecule has 0 aliphatic carbocycles. The van der Waals surface area contributed by atoms with Crippen molar-refractivity contribution < 1.29 is 9.18 Å². The summed E-state index contributed by atoms with van der Waals surface area (Å²) >= 11 is 5.56. The molecule has 0 radical (unpaired) electrons. The van der Waals surface area contributed by atoms with Gasteiger partial charge in [-0.25, -0.2) is 4.39 Å². The Morgan fingerprint density at radius 1 is 1.39 bits per heavy atom. The van der Waals surface area contributed by atoms with Crippen molar-refractivity contribution in [2.24, 2.45) is 5.92 Å². The molecule has 18 heavy (non-hydrogen) atoms. The Balaban J connectivity index is 2.45. The SMILES string of the molecule is CC(C)C(C)NC(=O)CNc1ccc(Cl)c(F)c1. The lowest BCUT2D eigenvalue weighted by Gasteiger charge is -2.17. The molecule has 1 atom stereocenters. The Morgan fingerprint density at radius 2 is 2.06 bits per heavy atom. The van der Waals surface area contributed by atoms with E-state index in [2.05, 4.69) is 10.6 Å². The summed E-state index contributed by atoms with van der Waals surface area (Å²) in [5.74, 6) is -0.244. The number of amides is 1. The minimum Gasteiger partial charge on any atom is -0.376 e. The summed E-state index contributed by atoms with van der Waals surface area (Å²) in [5.41, 5.74) is 0.532. The molecule has 1 unspecified atom stereocenters. The zero-order valence-electron chi connectivity index (χ0n) is 10.8. The van der Waals surface area contributed by atoms with Crippen LogP contribution >= 0.6 is 11.6 Å². The first-order valence-electron chi connectivity index (χ1n) is 5.88. The number of carbonyl (C=O) groups excluding carboxylic acids is 1. The molecular formula is C13H18ClFN2O. The molecule has 0 aliphatic heterocycles. The van der Waals surface area contributed by atoms with Gasteiger partial charge >= 0.3 is 0 Å². The quantitative estimate of drug-likeness (QED) is 0.865. The molecule has 0 heterocycles. The zero-order chi connectivity index (χ0) is 13.7. The van der Waals surface area contributed by atoms with Gasteiger partial charge in [0.2, 0.25) is 5.91 Å². The van der Waals surface area contributed by atoms with E-state index in [0.717, 1.165) is 0 Å². The van der Waals surface area contributed by atoms with E-state index in [4.69, 9.17) is 11.6 Å². The Morgan fingerprint density at radius 3 is 2.61 bits per heavy atom. The van der Waals surface area contributed by atoms with Gasteiger partial charge in [-0.2, -0.15) is 0 Å². The molecule has 1 rings (SSSR count). The number of halogens is 2. The standard InChI is InChI=1S/C13H18ClFN2O/c1-8(2)9(3)17-13(18)7-16-10-4-5-11(14)12(15)6-10/h4-6,8-9,16H,7H2,1-3H3,(H,17,18). The molecular weight excluding hydrogens is 255 g/mol. The van der Waals surface area contributed by atoms with E-state index in [-0.39, 0.29) is 23.5 Å². The third-order valence-corrected chi connectivity index (χ3v) is 3.07. The Kier molecular flexibility index (Phi) is 5.41. The fourth-order valence-electron chi connectivity index (χ4n) is 1.26. The Bertz CT molecular complexity index is 423. The van der Waals surface area contributed by atoms with Crippen molar-refractivity contribution in [2.75, 3.05) is 11.9 Å². The normalized spacial score (nSPS) is 12.3. The van der Waals surface area contributed by atoms with Gasteiger partial charge in [0, 0.05) is 11.7 Å². The molecule has 0 saturated heterocycles. The van der Waals surface area contributed by atoms with E-state index in [0.29, 0.717) is 11.6 Å². The van der Waals surface area contributed by atoms with Crippen molar-refractivity contribution in [3.8, 4) is 0 Å².